The first-order valence-corrected chi connectivity index (χ1v) is 3.56. The third-order valence-corrected chi connectivity index (χ3v) is 1.37. The van der Waals surface area contributed by atoms with Gasteiger partial charge >= 0.3 is 0 Å². The van der Waals surface area contributed by atoms with Crippen molar-refractivity contribution in [2.45, 2.75) is 0 Å². The Morgan fingerprint density at radius 2 is 2.09 bits per heavy atom. The minimum Gasteiger partial charge on any atom is -0.494 e. The van der Waals surface area contributed by atoms with Crippen LogP contribution in [-0.2, 0) is 0 Å². The second-order valence-corrected chi connectivity index (χ2v) is 2.24. The van der Waals surface area contributed by atoms with Gasteiger partial charge in [-0.2, -0.15) is 0 Å². The zero-order valence-corrected chi connectivity index (χ0v) is 6.25. The highest BCUT2D eigenvalue weighted by molar-refractivity contribution is 5.41. The molecule has 1 aliphatic rings. The molecular weight excluding hydrogens is 140 g/mol. The van der Waals surface area contributed by atoms with E-state index < -0.39 is 0 Å². The van der Waals surface area contributed by atoms with E-state index in [-0.39, 0.29) is 5.88 Å². The Labute approximate surface area is 65.9 Å². The summed E-state index contributed by atoms with van der Waals surface area (Å²) in [5.74, 6) is 0.195. The molecule has 0 aromatic heterocycles. The SMILES string of the molecule is NCCNC(O)=C1C=CC=C1. The molecule has 1 aliphatic carbocycles. The number of nitrogens with one attached hydrogen (secondary N) is 1. The van der Waals surface area contributed by atoms with Crippen LogP contribution in [0.4, 0.5) is 0 Å². The molecule has 0 saturated carbocycles. The summed E-state index contributed by atoms with van der Waals surface area (Å²) in [6.45, 7) is 1.11. The van der Waals surface area contributed by atoms with Crippen molar-refractivity contribution in [1.29, 1.82) is 0 Å². The molecule has 0 saturated heterocycles. The molecule has 0 bridgehead atoms. The van der Waals surface area contributed by atoms with Crippen molar-refractivity contribution >= 4 is 0 Å². The number of hydrogen-bond acceptors (Lipinski definition) is 3. The third kappa shape index (κ3) is 2.13. The molecule has 0 unspecified atom stereocenters. The van der Waals surface area contributed by atoms with Crippen LogP contribution in [0, 0.1) is 0 Å². The van der Waals surface area contributed by atoms with E-state index >= 15 is 0 Å². The standard InChI is InChI=1S/C8H12N2O/c9-5-6-10-8(11)7-3-1-2-4-7/h1-4,10-11H,5-6,9H2. The molecule has 0 aliphatic heterocycles. The summed E-state index contributed by atoms with van der Waals surface area (Å²) >= 11 is 0. The summed E-state index contributed by atoms with van der Waals surface area (Å²) in [4.78, 5) is 0. The Morgan fingerprint density at radius 3 is 2.64 bits per heavy atom. The van der Waals surface area contributed by atoms with Crippen LogP contribution in [0.15, 0.2) is 35.8 Å². The first-order chi connectivity index (χ1) is 5.34. The highest BCUT2D eigenvalue weighted by atomic mass is 16.3. The van der Waals surface area contributed by atoms with E-state index in [1.165, 1.54) is 0 Å². The van der Waals surface area contributed by atoms with Gasteiger partial charge in [-0.15, -0.1) is 0 Å². The molecule has 11 heavy (non-hydrogen) atoms. The minimum absolute atomic E-state index is 0.195. The van der Waals surface area contributed by atoms with Crippen molar-refractivity contribution in [1.82, 2.24) is 5.32 Å². The lowest BCUT2D eigenvalue weighted by molar-refractivity contribution is 0.362. The van der Waals surface area contributed by atoms with Gasteiger partial charge in [0.2, 0.25) is 0 Å². The van der Waals surface area contributed by atoms with E-state index in [1.807, 2.05) is 24.3 Å². The van der Waals surface area contributed by atoms with Gasteiger partial charge in [0.25, 0.3) is 0 Å². The highest BCUT2D eigenvalue weighted by Gasteiger charge is 1.99. The molecule has 0 fully saturated rings. The number of aliphatic hydroxyl groups excluding tert-OH is 1. The summed E-state index contributed by atoms with van der Waals surface area (Å²) in [6, 6.07) is 0. The number of allylic oxidation sites excluding steroid dienone is 5. The Bertz CT molecular complexity index is 202. The Kier molecular flexibility index (Phi) is 2.74. The topological polar surface area (TPSA) is 58.3 Å². The van der Waals surface area contributed by atoms with E-state index in [0.717, 1.165) is 5.57 Å². The summed E-state index contributed by atoms with van der Waals surface area (Å²) in [6.07, 6.45) is 7.41. The van der Waals surface area contributed by atoms with Gasteiger partial charge in [-0.25, -0.2) is 0 Å². The minimum atomic E-state index is 0.195. The second-order valence-electron chi connectivity index (χ2n) is 2.24. The van der Waals surface area contributed by atoms with Crippen molar-refractivity contribution in [2.24, 2.45) is 5.73 Å². The van der Waals surface area contributed by atoms with Crippen LogP contribution >= 0.6 is 0 Å². The zero-order chi connectivity index (χ0) is 8.10. The normalized spacial score (nSPS) is 14.1. The Morgan fingerprint density at radius 1 is 1.45 bits per heavy atom. The molecule has 0 spiro atoms. The average molecular weight is 152 g/mol. The van der Waals surface area contributed by atoms with Gasteiger partial charge in [-0.3, -0.25) is 0 Å². The third-order valence-electron chi connectivity index (χ3n) is 1.37. The van der Waals surface area contributed by atoms with Crippen molar-refractivity contribution in [3.05, 3.63) is 35.8 Å². The van der Waals surface area contributed by atoms with Gasteiger partial charge in [-0.05, 0) is 12.2 Å². The van der Waals surface area contributed by atoms with Crippen LogP contribution < -0.4 is 11.1 Å². The van der Waals surface area contributed by atoms with E-state index in [0.29, 0.717) is 13.1 Å². The molecule has 0 heterocycles. The molecule has 4 N–H and O–H groups in total. The summed E-state index contributed by atoms with van der Waals surface area (Å²) in [7, 11) is 0. The van der Waals surface area contributed by atoms with Gasteiger partial charge in [0.05, 0.1) is 0 Å². The smallest absolute Gasteiger partial charge is 0.191 e. The molecule has 60 valence electrons. The number of hydrogen-bond donors (Lipinski definition) is 3. The summed E-state index contributed by atoms with van der Waals surface area (Å²) < 4.78 is 0. The number of aliphatic hydroxyl groups is 1. The van der Waals surface area contributed by atoms with Gasteiger partial charge in [0.1, 0.15) is 0 Å². The fourth-order valence-electron chi connectivity index (χ4n) is 0.825. The summed E-state index contributed by atoms with van der Waals surface area (Å²) in [5, 5.41) is 12.1. The summed E-state index contributed by atoms with van der Waals surface area (Å²) in [5.41, 5.74) is 6.05. The van der Waals surface area contributed by atoms with Crippen molar-refractivity contribution < 1.29 is 5.11 Å². The maximum atomic E-state index is 9.29. The molecular formula is C8H12N2O. The molecule has 0 aromatic carbocycles. The Hall–Kier alpha value is -1.22. The van der Waals surface area contributed by atoms with Gasteiger partial charge in [0, 0.05) is 18.7 Å². The molecule has 0 atom stereocenters. The van der Waals surface area contributed by atoms with Crippen molar-refractivity contribution in [2.75, 3.05) is 13.1 Å². The van der Waals surface area contributed by atoms with E-state index in [9.17, 15) is 5.11 Å². The second kappa shape index (κ2) is 3.83. The first-order valence-electron chi connectivity index (χ1n) is 3.56. The predicted molar refractivity (Wildman–Crippen MR) is 45.0 cm³/mol. The van der Waals surface area contributed by atoms with Crippen LogP contribution in [0.5, 0.6) is 0 Å². The molecule has 0 amide bonds. The van der Waals surface area contributed by atoms with E-state index in [4.69, 9.17) is 5.73 Å². The highest BCUT2D eigenvalue weighted by Crippen LogP contribution is 2.08. The number of nitrogens with two attached hydrogens (primary N) is 1. The van der Waals surface area contributed by atoms with Crippen LogP contribution in [0.2, 0.25) is 0 Å². The molecule has 1 rings (SSSR count). The van der Waals surface area contributed by atoms with E-state index in [1.54, 1.807) is 0 Å². The lowest BCUT2D eigenvalue weighted by atomic mass is 10.3. The van der Waals surface area contributed by atoms with Crippen LogP contribution in [0.3, 0.4) is 0 Å². The zero-order valence-electron chi connectivity index (χ0n) is 6.25. The predicted octanol–water partition coefficient (Wildman–Crippen LogP) is 0.430. The maximum Gasteiger partial charge on any atom is 0.191 e. The monoisotopic (exact) mass is 152 g/mol. The molecule has 3 heteroatoms. The average Bonchev–Trinajstić information content (AvgIpc) is 2.52. The largest absolute Gasteiger partial charge is 0.494 e. The number of rotatable bonds is 3. The lowest BCUT2D eigenvalue weighted by Gasteiger charge is -2.03. The fraction of sp³-hybridized carbons (Fsp3) is 0.250. The lowest BCUT2D eigenvalue weighted by Crippen LogP contribution is -2.22. The Balaban J connectivity index is 2.50. The van der Waals surface area contributed by atoms with Crippen molar-refractivity contribution in [3.8, 4) is 0 Å². The van der Waals surface area contributed by atoms with Crippen LogP contribution in [-0.4, -0.2) is 18.2 Å². The van der Waals surface area contributed by atoms with Crippen LogP contribution in [0.25, 0.3) is 0 Å². The maximum absolute atomic E-state index is 9.29. The van der Waals surface area contributed by atoms with Crippen molar-refractivity contribution in [3.63, 3.8) is 0 Å². The van der Waals surface area contributed by atoms with Gasteiger partial charge in [0.15, 0.2) is 5.88 Å². The first kappa shape index (κ1) is 7.88. The molecule has 3 nitrogen and oxygen atoms in total. The van der Waals surface area contributed by atoms with Gasteiger partial charge in [-0.1, -0.05) is 12.2 Å². The van der Waals surface area contributed by atoms with Gasteiger partial charge < -0.3 is 16.2 Å². The van der Waals surface area contributed by atoms with Crippen LogP contribution in [0.1, 0.15) is 0 Å². The quantitative estimate of drug-likeness (QED) is 0.514. The molecule has 0 radical (unpaired) electrons. The van der Waals surface area contributed by atoms with E-state index in [2.05, 4.69) is 5.32 Å². The fourth-order valence-corrected chi connectivity index (χ4v) is 0.825. The molecule has 0 aromatic rings.